The average molecular weight is 384 g/mol. The maximum Gasteiger partial charge on any atom is 0.243 e. The van der Waals surface area contributed by atoms with Gasteiger partial charge in [-0.05, 0) is 36.2 Å². The molecule has 5 nitrogen and oxygen atoms in total. The SMILES string of the molecule is CC(Cl)C(=O)NC1=Nc2ccccc2C1c1ccc(N2CCOCC2)cc1. The molecule has 2 unspecified atom stereocenters. The largest absolute Gasteiger partial charge is 0.378 e. The number of amidine groups is 1. The molecule has 2 aliphatic rings. The van der Waals surface area contributed by atoms with Gasteiger partial charge in [-0.1, -0.05) is 30.3 Å². The first kappa shape index (κ1) is 18.0. The lowest BCUT2D eigenvalue weighted by atomic mass is 9.91. The zero-order valence-corrected chi connectivity index (χ0v) is 15.9. The summed E-state index contributed by atoms with van der Waals surface area (Å²) < 4.78 is 5.43. The number of amides is 1. The van der Waals surface area contributed by atoms with Crippen molar-refractivity contribution in [3.63, 3.8) is 0 Å². The second-order valence-electron chi connectivity index (χ2n) is 6.79. The number of aliphatic imine (C=N–C) groups is 1. The Morgan fingerprint density at radius 3 is 2.59 bits per heavy atom. The van der Waals surface area contributed by atoms with E-state index in [-0.39, 0.29) is 11.8 Å². The highest BCUT2D eigenvalue weighted by atomic mass is 35.5. The number of para-hydroxylation sites is 1. The van der Waals surface area contributed by atoms with Crippen molar-refractivity contribution in [2.75, 3.05) is 31.2 Å². The highest BCUT2D eigenvalue weighted by Gasteiger charge is 2.30. The Bertz CT molecular complexity index is 858. The van der Waals surface area contributed by atoms with Crippen molar-refractivity contribution in [2.45, 2.75) is 18.2 Å². The van der Waals surface area contributed by atoms with Crippen LogP contribution in [-0.2, 0) is 9.53 Å². The number of hydrogen-bond acceptors (Lipinski definition) is 4. The normalized spacial score (nSPS) is 20.0. The van der Waals surface area contributed by atoms with Crippen LogP contribution >= 0.6 is 11.6 Å². The molecule has 1 fully saturated rings. The summed E-state index contributed by atoms with van der Waals surface area (Å²) >= 11 is 5.94. The number of rotatable bonds is 3. The van der Waals surface area contributed by atoms with Gasteiger partial charge in [-0.25, -0.2) is 4.99 Å². The molecular weight excluding hydrogens is 362 g/mol. The fourth-order valence-corrected chi connectivity index (χ4v) is 3.59. The van der Waals surface area contributed by atoms with Gasteiger partial charge in [0.05, 0.1) is 24.8 Å². The molecule has 6 heteroatoms. The van der Waals surface area contributed by atoms with Gasteiger partial charge in [0.2, 0.25) is 5.91 Å². The van der Waals surface area contributed by atoms with E-state index in [0.29, 0.717) is 5.84 Å². The number of fused-ring (bicyclic) bond motifs is 1. The summed E-state index contributed by atoms with van der Waals surface area (Å²) in [5.74, 6) is 0.297. The number of halogens is 1. The zero-order chi connectivity index (χ0) is 18.8. The van der Waals surface area contributed by atoms with E-state index in [9.17, 15) is 4.79 Å². The van der Waals surface area contributed by atoms with Crippen molar-refractivity contribution >= 4 is 34.7 Å². The summed E-state index contributed by atoms with van der Waals surface area (Å²) in [5, 5.41) is 2.29. The predicted molar refractivity (Wildman–Crippen MR) is 108 cm³/mol. The van der Waals surface area contributed by atoms with Gasteiger partial charge >= 0.3 is 0 Å². The number of carbonyl (C=O) groups is 1. The van der Waals surface area contributed by atoms with Crippen molar-refractivity contribution in [1.82, 2.24) is 5.32 Å². The number of alkyl halides is 1. The second kappa shape index (κ2) is 7.71. The molecule has 1 N–H and O–H groups in total. The molecule has 4 rings (SSSR count). The molecule has 0 aliphatic carbocycles. The minimum absolute atomic E-state index is 0.0979. The van der Waals surface area contributed by atoms with Crippen LogP contribution in [0.4, 0.5) is 11.4 Å². The summed E-state index contributed by atoms with van der Waals surface area (Å²) in [4.78, 5) is 19.1. The highest BCUT2D eigenvalue weighted by molar-refractivity contribution is 6.32. The fraction of sp³-hybridized carbons (Fsp3) is 0.333. The van der Waals surface area contributed by atoms with Crippen molar-refractivity contribution in [2.24, 2.45) is 4.99 Å². The van der Waals surface area contributed by atoms with Crippen LogP contribution in [0.15, 0.2) is 53.5 Å². The minimum Gasteiger partial charge on any atom is -0.378 e. The van der Waals surface area contributed by atoms with Crippen LogP contribution in [-0.4, -0.2) is 43.4 Å². The lowest BCUT2D eigenvalue weighted by Gasteiger charge is -2.29. The lowest BCUT2D eigenvalue weighted by Crippen LogP contribution is -2.37. The summed E-state index contributed by atoms with van der Waals surface area (Å²) in [5.41, 5.74) is 4.26. The molecule has 2 aromatic rings. The molecule has 2 aliphatic heterocycles. The Balaban J connectivity index is 1.63. The van der Waals surface area contributed by atoms with E-state index in [1.807, 2.05) is 18.2 Å². The van der Waals surface area contributed by atoms with Gasteiger partial charge in [-0.15, -0.1) is 11.6 Å². The minimum atomic E-state index is -0.610. The Morgan fingerprint density at radius 1 is 1.19 bits per heavy atom. The third kappa shape index (κ3) is 3.70. The molecule has 0 bridgehead atoms. The summed E-state index contributed by atoms with van der Waals surface area (Å²) in [6, 6.07) is 16.5. The molecule has 1 saturated heterocycles. The molecule has 2 heterocycles. The molecule has 2 atom stereocenters. The Labute approximate surface area is 164 Å². The van der Waals surface area contributed by atoms with E-state index in [0.717, 1.165) is 43.1 Å². The van der Waals surface area contributed by atoms with Gasteiger partial charge in [0.15, 0.2) is 0 Å². The highest BCUT2D eigenvalue weighted by Crippen LogP contribution is 2.39. The number of morpholine rings is 1. The van der Waals surface area contributed by atoms with Crippen LogP contribution in [0.3, 0.4) is 0 Å². The van der Waals surface area contributed by atoms with Crippen LogP contribution in [0.2, 0.25) is 0 Å². The summed E-state index contributed by atoms with van der Waals surface area (Å²) in [6.45, 7) is 4.99. The van der Waals surface area contributed by atoms with Gasteiger partial charge in [-0.2, -0.15) is 0 Å². The van der Waals surface area contributed by atoms with E-state index in [1.165, 1.54) is 5.69 Å². The number of nitrogens with zero attached hydrogens (tertiary/aromatic N) is 2. The van der Waals surface area contributed by atoms with Crippen molar-refractivity contribution in [3.05, 3.63) is 59.7 Å². The Morgan fingerprint density at radius 2 is 1.89 bits per heavy atom. The van der Waals surface area contributed by atoms with E-state index >= 15 is 0 Å². The molecular formula is C21H22ClN3O2. The number of benzene rings is 2. The molecule has 140 valence electrons. The summed E-state index contributed by atoms with van der Waals surface area (Å²) in [7, 11) is 0. The first-order chi connectivity index (χ1) is 13.1. The first-order valence-electron chi connectivity index (χ1n) is 9.18. The summed E-state index contributed by atoms with van der Waals surface area (Å²) in [6.07, 6.45) is 0. The van der Waals surface area contributed by atoms with Crippen molar-refractivity contribution in [3.8, 4) is 0 Å². The van der Waals surface area contributed by atoms with E-state index in [2.05, 4.69) is 45.5 Å². The van der Waals surface area contributed by atoms with Crippen molar-refractivity contribution < 1.29 is 9.53 Å². The predicted octanol–water partition coefficient (Wildman–Crippen LogP) is 3.44. The second-order valence-corrected chi connectivity index (χ2v) is 7.44. The average Bonchev–Trinajstić information content (AvgIpc) is 3.06. The van der Waals surface area contributed by atoms with E-state index < -0.39 is 5.38 Å². The van der Waals surface area contributed by atoms with Gasteiger partial charge in [0.25, 0.3) is 0 Å². The molecule has 0 radical (unpaired) electrons. The standard InChI is InChI=1S/C21H22ClN3O2/c1-14(22)21(26)24-20-19(17-4-2-3-5-18(17)23-20)15-6-8-16(9-7-15)25-10-12-27-13-11-25/h2-9,14,19H,10-13H2,1H3,(H,23,24,26). The smallest absolute Gasteiger partial charge is 0.243 e. The molecule has 0 aromatic heterocycles. The number of carbonyl (C=O) groups excluding carboxylic acids is 1. The quantitative estimate of drug-likeness (QED) is 0.826. The Hall–Kier alpha value is -2.37. The van der Waals surface area contributed by atoms with Crippen LogP contribution in [0.1, 0.15) is 24.0 Å². The Kier molecular flexibility index (Phi) is 5.14. The molecule has 0 spiro atoms. The first-order valence-corrected chi connectivity index (χ1v) is 9.62. The van der Waals surface area contributed by atoms with Gasteiger partial charge in [-0.3, -0.25) is 4.79 Å². The molecule has 27 heavy (non-hydrogen) atoms. The number of nitrogens with one attached hydrogen (secondary N) is 1. The van der Waals surface area contributed by atoms with Crippen LogP contribution in [0.5, 0.6) is 0 Å². The number of hydrogen-bond donors (Lipinski definition) is 1. The van der Waals surface area contributed by atoms with Crippen LogP contribution in [0, 0.1) is 0 Å². The molecule has 2 aromatic carbocycles. The third-order valence-corrected chi connectivity index (χ3v) is 5.18. The zero-order valence-electron chi connectivity index (χ0n) is 15.2. The third-order valence-electron chi connectivity index (χ3n) is 4.98. The maximum absolute atomic E-state index is 12.1. The van der Waals surface area contributed by atoms with Gasteiger partial charge in [0, 0.05) is 18.8 Å². The number of anilines is 1. The molecule has 0 saturated carbocycles. The topological polar surface area (TPSA) is 53.9 Å². The van der Waals surface area contributed by atoms with Gasteiger partial charge in [0.1, 0.15) is 11.2 Å². The monoisotopic (exact) mass is 383 g/mol. The maximum atomic E-state index is 12.1. The van der Waals surface area contributed by atoms with Crippen molar-refractivity contribution in [1.29, 1.82) is 0 Å². The fourth-order valence-electron chi connectivity index (χ4n) is 3.54. The number of ether oxygens (including phenoxy) is 1. The van der Waals surface area contributed by atoms with E-state index in [1.54, 1.807) is 6.92 Å². The van der Waals surface area contributed by atoms with Crippen LogP contribution in [0.25, 0.3) is 0 Å². The molecule has 1 amide bonds. The lowest BCUT2D eigenvalue weighted by molar-refractivity contribution is -0.119. The van der Waals surface area contributed by atoms with Gasteiger partial charge < -0.3 is 15.0 Å². The van der Waals surface area contributed by atoms with Crippen LogP contribution < -0.4 is 10.2 Å². The van der Waals surface area contributed by atoms with E-state index in [4.69, 9.17) is 16.3 Å².